The molecule has 0 aliphatic carbocycles. The quantitative estimate of drug-likeness (QED) is 0.869. The molecule has 1 aromatic rings. The van der Waals surface area contributed by atoms with E-state index in [-0.39, 0.29) is 5.41 Å². The lowest BCUT2D eigenvalue weighted by atomic mass is 9.84. The van der Waals surface area contributed by atoms with E-state index in [1.54, 1.807) is 7.11 Å². The van der Waals surface area contributed by atoms with E-state index in [9.17, 15) is 0 Å². The highest BCUT2D eigenvalue weighted by Crippen LogP contribution is 2.35. The molecule has 1 rings (SSSR count). The maximum absolute atomic E-state index is 5.51. The molecule has 0 atom stereocenters. The van der Waals surface area contributed by atoms with Crippen LogP contribution in [0.5, 0.6) is 5.75 Å². The van der Waals surface area contributed by atoms with Gasteiger partial charge in [0.2, 0.25) is 0 Å². The fourth-order valence-corrected chi connectivity index (χ4v) is 1.93. The molecule has 0 aliphatic heterocycles. The molecule has 0 saturated heterocycles. The van der Waals surface area contributed by atoms with E-state index in [0.29, 0.717) is 6.54 Å². The number of methoxy groups -OCH3 is 1. The number of rotatable bonds is 3. The molecule has 17 heavy (non-hydrogen) atoms. The zero-order valence-corrected chi connectivity index (χ0v) is 11.5. The number of benzene rings is 1. The molecule has 0 aromatic heterocycles. The number of nitrogens with two attached hydrogens (primary N) is 1. The van der Waals surface area contributed by atoms with Crippen LogP contribution in [-0.4, -0.2) is 13.7 Å². The van der Waals surface area contributed by atoms with Crippen LogP contribution in [0.3, 0.4) is 0 Å². The Balaban J connectivity index is 3.34. The standard InChI is InChI=1S/C15H23NO/c1-11-9-12(7-6-8-16)10-13(14(11)17-5)15(2,3)4/h6-7,9-10H,8,16H2,1-5H3/b7-6+. The zero-order chi connectivity index (χ0) is 13.1. The summed E-state index contributed by atoms with van der Waals surface area (Å²) in [6.45, 7) is 9.23. The molecule has 94 valence electrons. The van der Waals surface area contributed by atoms with Crippen molar-refractivity contribution in [3.8, 4) is 5.75 Å². The second kappa shape index (κ2) is 5.37. The van der Waals surface area contributed by atoms with Gasteiger partial charge < -0.3 is 10.5 Å². The van der Waals surface area contributed by atoms with Gasteiger partial charge in [0.05, 0.1) is 7.11 Å². The first kappa shape index (κ1) is 13.8. The molecule has 0 amide bonds. The van der Waals surface area contributed by atoms with Gasteiger partial charge in [0.25, 0.3) is 0 Å². The maximum Gasteiger partial charge on any atom is 0.125 e. The Labute approximate surface area is 104 Å². The van der Waals surface area contributed by atoms with Crippen molar-refractivity contribution in [2.75, 3.05) is 13.7 Å². The first-order chi connectivity index (χ1) is 7.90. The second-order valence-electron chi connectivity index (χ2n) is 5.31. The van der Waals surface area contributed by atoms with Crippen LogP contribution in [0.2, 0.25) is 0 Å². The molecule has 0 aliphatic rings. The summed E-state index contributed by atoms with van der Waals surface area (Å²) in [6.07, 6.45) is 4.02. The second-order valence-corrected chi connectivity index (χ2v) is 5.31. The Hall–Kier alpha value is -1.28. The summed E-state index contributed by atoms with van der Waals surface area (Å²) >= 11 is 0. The van der Waals surface area contributed by atoms with Gasteiger partial charge in [0.1, 0.15) is 5.75 Å². The largest absolute Gasteiger partial charge is 0.496 e. The van der Waals surface area contributed by atoms with Crippen LogP contribution in [0, 0.1) is 6.92 Å². The van der Waals surface area contributed by atoms with Crippen LogP contribution in [0.15, 0.2) is 18.2 Å². The van der Waals surface area contributed by atoms with Gasteiger partial charge in [0.15, 0.2) is 0 Å². The van der Waals surface area contributed by atoms with Crippen molar-refractivity contribution in [2.24, 2.45) is 5.73 Å². The van der Waals surface area contributed by atoms with Gasteiger partial charge in [-0.1, -0.05) is 32.9 Å². The van der Waals surface area contributed by atoms with Crippen LogP contribution in [-0.2, 0) is 5.41 Å². The smallest absolute Gasteiger partial charge is 0.125 e. The van der Waals surface area contributed by atoms with Gasteiger partial charge in [-0.3, -0.25) is 0 Å². The summed E-state index contributed by atoms with van der Waals surface area (Å²) in [4.78, 5) is 0. The van der Waals surface area contributed by atoms with Crippen molar-refractivity contribution in [1.82, 2.24) is 0 Å². The van der Waals surface area contributed by atoms with Gasteiger partial charge in [-0.15, -0.1) is 0 Å². The molecule has 2 N–H and O–H groups in total. The lowest BCUT2D eigenvalue weighted by molar-refractivity contribution is 0.394. The van der Waals surface area contributed by atoms with Gasteiger partial charge in [0, 0.05) is 12.1 Å². The van der Waals surface area contributed by atoms with E-state index in [1.165, 1.54) is 11.1 Å². The molecule has 0 spiro atoms. The highest BCUT2D eigenvalue weighted by molar-refractivity contribution is 5.58. The van der Waals surface area contributed by atoms with Crippen molar-refractivity contribution in [3.63, 3.8) is 0 Å². The Bertz CT molecular complexity index is 414. The van der Waals surface area contributed by atoms with Crippen LogP contribution in [0.1, 0.15) is 37.5 Å². The molecular weight excluding hydrogens is 210 g/mol. The van der Waals surface area contributed by atoms with Crippen molar-refractivity contribution < 1.29 is 4.74 Å². The summed E-state index contributed by atoms with van der Waals surface area (Å²) in [5.41, 5.74) is 9.13. The van der Waals surface area contributed by atoms with Gasteiger partial charge in [-0.05, 0) is 35.6 Å². The minimum absolute atomic E-state index is 0.0721. The molecular formula is C15H23NO. The molecule has 0 unspecified atom stereocenters. The average molecular weight is 233 g/mol. The predicted molar refractivity (Wildman–Crippen MR) is 74.5 cm³/mol. The van der Waals surface area contributed by atoms with Gasteiger partial charge in [-0.2, -0.15) is 0 Å². The number of ether oxygens (including phenoxy) is 1. The summed E-state index contributed by atoms with van der Waals surface area (Å²) in [5, 5.41) is 0. The number of hydrogen-bond donors (Lipinski definition) is 1. The Kier molecular flexibility index (Phi) is 4.35. The zero-order valence-electron chi connectivity index (χ0n) is 11.5. The summed E-state index contributed by atoms with van der Waals surface area (Å²) in [7, 11) is 1.73. The molecule has 2 nitrogen and oxygen atoms in total. The highest BCUT2D eigenvalue weighted by Gasteiger charge is 2.20. The third-order valence-corrected chi connectivity index (χ3v) is 2.76. The Morgan fingerprint density at radius 1 is 1.29 bits per heavy atom. The first-order valence-electron chi connectivity index (χ1n) is 5.96. The van der Waals surface area contributed by atoms with E-state index < -0.39 is 0 Å². The topological polar surface area (TPSA) is 35.2 Å². The van der Waals surface area contributed by atoms with E-state index >= 15 is 0 Å². The molecule has 1 aromatic carbocycles. The third-order valence-electron chi connectivity index (χ3n) is 2.76. The highest BCUT2D eigenvalue weighted by atomic mass is 16.5. The molecule has 0 bridgehead atoms. The predicted octanol–water partition coefficient (Wildman–Crippen LogP) is 3.27. The maximum atomic E-state index is 5.51. The average Bonchev–Trinajstić information content (AvgIpc) is 2.24. The van der Waals surface area contributed by atoms with E-state index in [0.717, 1.165) is 11.3 Å². The lowest BCUT2D eigenvalue weighted by Crippen LogP contribution is -2.13. The summed E-state index contributed by atoms with van der Waals surface area (Å²) in [5.74, 6) is 0.988. The Morgan fingerprint density at radius 3 is 2.41 bits per heavy atom. The molecule has 2 heteroatoms. The number of hydrogen-bond acceptors (Lipinski definition) is 2. The minimum atomic E-state index is 0.0721. The monoisotopic (exact) mass is 233 g/mol. The van der Waals surface area contributed by atoms with Crippen molar-refractivity contribution >= 4 is 6.08 Å². The van der Waals surface area contributed by atoms with Gasteiger partial charge >= 0.3 is 0 Å². The van der Waals surface area contributed by atoms with Crippen molar-refractivity contribution in [3.05, 3.63) is 34.9 Å². The van der Waals surface area contributed by atoms with Crippen LogP contribution < -0.4 is 10.5 Å². The molecule has 0 fully saturated rings. The first-order valence-corrected chi connectivity index (χ1v) is 5.96. The fourth-order valence-electron chi connectivity index (χ4n) is 1.93. The van der Waals surface area contributed by atoms with Crippen molar-refractivity contribution in [1.29, 1.82) is 0 Å². The van der Waals surface area contributed by atoms with E-state index in [1.807, 2.05) is 6.08 Å². The van der Waals surface area contributed by atoms with Gasteiger partial charge in [-0.25, -0.2) is 0 Å². The molecule has 0 radical (unpaired) electrons. The SMILES string of the molecule is COc1c(C)cc(/C=C/CN)cc1C(C)(C)C. The van der Waals surface area contributed by atoms with E-state index in [2.05, 4.69) is 45.9 Å². The molecule has 0 heterocycles. The summed E-state index contributed by atoms with van der Waals surface area (Å²) < 4.78 is 5.51. The summed E-state index contributed by atoms with van der Waals surface area (Å²) in [6, 6.07) is 4.30. The minimum Gasteiger partial charge on any atom is -0.496 e. The molecule has 0 saturated carbocycles. The Morgan fingerprint density at radius 2 is 1.94 bits per heavy atom. The van der Waals surface area contributed by atoms with Crippen LogP contribution in [0.4, 0.5) is 0 Å². The van der Waals surface area contributed by atoms with Crippen LogP contribution in [0.25, 0.3) is 6.08 Å². The van der Waals surface area contributed by atoms with Crippen LogP contribution >= 0.6 is 0 Å². The fraction of sp³-hybridized carbons (Fsp3) is 0.467. The number of aryl methyl sites for hydroxylation is 1. The van der Waals surface area contributed by atoms with E-state index in [4.69, 9.17) is 10.5 Å². The normalized spacial score (nSPS) is 12.1. The lowest BCUT2D eigenvalue weighted by Gasteiger charge is -2.24. The third kappa shape index (κ3) is 3.34. The van der Waals surface area contributed by atoms with Crippen molar-refractivity contribution in [2.45, 2.75) is 33.1 Å².